The maximum atomic E-state index is 5.67. The van der Waals surface area contributed by atoms with Crippen LogP contribution >= 0.6 is 11.5 Å². The summed E-state index contributed by atoms with van der Waals surface area (Å²) in [7, 11) is 0. The summed E-state index contributed by atoms with van der Waals surface area (Å²) >= 11 is 1.26. The van der Waals surface area contributed by atoms with Gasteiger partial charge in [0.15, 0.2) is 5.82 Å². The first-order chi connectivity index (χ1) is 7.59. The highest BCUT2D eigenvalue weighted by Gasteiger charge is 2.20. The molecule has 2 aromatic heterocycles. The molecule has 0 radical (unpaired) electrons. The van der Waals surface area contributed by atoms with Gasteiger partial charge in [-0.3, -0.25) is 0 Å². The van der Waals surface area contributed by atoms with Crippen LogP contribution < -0.4 is 5.73 Å². The minimum atomic E-state index is -0.235. The lowest BCUT2D eigenvalue weighted by Gasteiger charge is -1.99. The molecule has 0 amide bonds. The van der Waals surface area contributed by atoms with E-state index < -0.39 is 0 Å². The zero-order chi connectivity index (χ0) is 11.7. The highest BCUT2D eigenvalue weighted by molar-refractivity contribution is 7.09. The Balaban J connectivity index is 2.39. The SMILES string of the molecule is CC(C)c1nnsc1-c1nc(C(C)N)no1. The van der Waals surface area contributed by atoms with Crippen molar-refractivity contribution in [2.45, 2.75) is 32.7 Å². The minimum absolute atomic E-state index is 0.235. The van der Waals surface area contributed by atoms with Crippen LogP contribution in [0.2, 0.25) is 0 Å². The van der Waals surface area contributed by atoms with Crippen molar-refractivity contribution in [3.05, 3.63) is 11.5 Å². The van der Waals surface area contributed by atoms with Crippen molar-refractivity contribution in [2.75, 3.05) is 0 Å². The van der Waals surface area contributed by atoms with Gasteiger partial charge in [-0.25, -0.2) is 0 Å². The van der Waals surface area contributed by atoms with Gasteiger partial charge in [-0.1, -0.05) is 23.5 Å². The summed E-state index contributed by atoms with van der Waals surface area (Å²) in [6, 6.07) is -0.235. The fraction of sp³-hybridized carbons (Fsp3) is 0.556. The molecule has 0 bridgehead atoms. The molecule has 0 aliphatic carbocycles. The van der Waals surface area contributed by atoms with Gasteiger partial charge < -0.3 is 10.3 Å². The van der Waals surface area contributed by atoms with Gasteiger partial charge in [0.2, 0.25) is 0 Å². The molecule has 1 unspecified atom stereocenters. The number of hydrogen-bond acceptors (Lipinski definition) is 7. The first-order valence-corrected chi connectivity index (χ1v) is 5.78. The fourth-order valence-corrected chi connectivity index (χ4v) is 1.98. The normalized spacial score (nSPS) is 13.3. The van der Waals surface area contributed by atoms with E-state index in [4.69, 9.17) is 10.3 Å². The number of nitrogens with two attached hydrogens (primary N) is 1. The van der Waals surface area contributed by atoms with Gasteiger partial charge in [0.25, 0.3) is 5.89 Å². The van der Waals surface area contributed by atoms with Crippen molar-refractivity contribution < 1.29 is 4.52 Å². The lowest BCUT2D eigenvalue weighted by atomic mass is 10.1. The Bertz CT molecular complexity index is 476. The second kappa shape index (κ2) is 4.26. The molecule has 86 valence electrons. The van der Waals surface area contributed by atoms with Gasteiger partial charge in [0.05, 0.1) is 11.7 Å². The van der Waals surface area contributed by atoms with E-state index in [0.717, 1.165) is 10.6 Å². The van der Waals surface area contributed by atoms with Gasteiger partial charge in [0, 0.05) is 0 Å². The van der Waals surface area contributed by atoms with E-state index in [0.29, 0.717) is 11.7 Å². The molecule has 0 saturated heterocycles. The molecule has 0 spiro atoms. The van der Waals surface area contributed by atoms with Crippen molar-refractivity contribution in [3.63, 3.8) is 0 Å². The number of aromatic nitrogens is 4. The summed E-state index contributed by atoms with van der Waals surface area (Å²) in [5.41, 5.74) is 6.54. The third-order valence-corrected chi connectivity index (χ3v) is 2.83. The van der Waals surface area contributed by atoms with Crippen LogP contribution in [0.4, 0.5) is 0 Å². The summed E-state index contributed by atoms with van der Waals surface area (Å²) in [6.45, 7) is 5.90. The number of hydrogen-bond donors (Lipinski definition) is 1. The Morgan fingerprint density at radius 3 is 2.62 bits per heavy atom. The van der Waals surface area contributed by atoms with Crippen molar-refractivity contribution in [1.29, 1.82) is 0 Å². The van der Waals surface area contributed by atoms with E-state index in [2.05, 4.69) is 19.7 Å². The molecule has 1 atom stereocenters. The minimum Gasteiger partial charge on any atom is -0.333 e. The molecule has 0 aliphatic heterocycles. The van der Waals surface area contributed by atoms with E-state index in [9.17, 15) is 0 Å². The monoisotopic (exact) mass is 239 g/mol. The molecular weight excluding hydrogens is 226 g/mol. The van der Waals surface area contributed by atoms with E-state index in [1.165, 1.54) is 11.5 Å². The van der Waals surface area contributed by atoms with Gasteiger partial charge in [-0.2, -0.15) is 4.98 Å². The Morgan fingerprint density at radius 2 is 2.06 bits per heavy atom. The molecule has 0 saturated carbocycles. The Hall–Kier alpha value is -1.34. The van der Waals surface area contributed by atoms with Crippen molar-refractivity contribution >= 4 is 11.5 Å². The summed E-state index contributed by atoms with van der Waals surface area (Å²) in [4.78, 5) is 5.05. The maximum Gasteiger partial charge on any atom is 0.271 e. The van der Waals surface area contributed by atoms with E-state index >= 15 is 0 Å². The summed E-state index contributed by atoms with van der Waals surface area (Å²) < 4.78 is 9.06. The third kappa shape index (κ3) is 1.96. The summed E-state index contributed by atoms with van der Waals surface area (Å²) in [5, 5.41) is 7.87. The summed E-state index contributed by atoms with van der Waals surface area (Å²) in [6.07, 6.45) is 0. The van der Waals surface area contributed by atoms with Crippen LogP contribution in [-0.2, 0) is 0 Å². The lowest BCUT2D eigenvalue weighted by molar-refractivity contribution is 0.418. The molecule has 2 N–H and O–H groups in total. The van der Waals surface area contributed by atoms with Crippen LogP contribution in [0.15, 0.2) is 4.52 Å². The molecule has 2 rings (SSSR count). The first-order valence-electron chi connectivity index (χ1n) is 5.01. The molecule has 6 nitrogen and oxygen atoms in total. The smallest absolute Gasteiger partial charge is 0.271 e. The largest absolute Gasteiger partial charge is 0.333 e. The van der Waals surface area contributed by atoms with Gasteiger partial charge in [0.1, 0.15) is 4.88 Å². The third-order valence-electron chi connectivity index (χ3n) is 2.10. The Labute approximate surface area is 97.0 Å². The average molecular weight is 239 g/mol. The van der Waals surface area contributed by atoms with Gasteiger partial charge >= 0.3 is 0 Å². The molecule has 7 heteroatoms. The molecule has 2 heterocycles. The molecular formula is C9H13N5OS. The fourth-order valence-electron chi connectivity index (χ4n) is 1.24. The summed E-state index contributed by atoms with van der Waals surface area (Å²) in [5.74, 6) is 1.23. The predicted molar refractivity (Wildman–Crippen MR) is 59.9 cm³/mol. The highest BCUT2D eigenvalue weighted by Crippen LogP contribution is 2.29. The van der Waals surface area contributed by atoms with Crippen LogP contribution in [0.3, 0.4) is 0 Å². The van der Waals surface area contributed by atoms with Gasteiger partial charge in [-0.05, 0) is 24.4 Å². The molecule has 0 aromatic carbocycles. The molecule has 2 aromatic rings. The van der Waals surface area contributed by atoms with Crippen molar-refractivity contribution in [3.8, 4) is 10.8 Å². The molecule has 0 aliphatic rings. The molecule has 0 fully saturated rings. The second-order valence-electron chi connectivity index (χ2n) is 3.89. The zero-order valence-electron chi connectivity index (χ0n) is 9.34. The van der Waals surface area contributed by atoms with Crippen LogP contribution in [0.25, 0.3) is 10.8 Å². The Morgan fingerprint density at radius 1 is 1.31 bits per heavy atom. The Kier molecular flexibility index (Phi) is 2.97. The molecule has 16 heavy (non-hydrogen) atoms. The van der Waals surface area contributed by atoms with E-state index in [1.807, 2.05) is 20.8 Å². The zero-order valence-corrected chi connectivity index (χ0v) is 10.2. The first kappa shape index (κ1) is 11.2. The van der Waals surface area contributed by atoms with Crippen LogP contribution in [0.5, 0.6) is 0 Å². The topological polar surface area (TPSA) is 90.7 Å². The van der Waals surface area contributed by atoms with Crippen molar-refractivity contribution in [2.24, 2.45) is 5.73 Å². The number of rotatable bonds is 3. The van der Waals surface area contributed by atoms with Gasteiger partial charge in [-0.15, -0.1) is 5.10 Å². The number of nitrogens with zero attached hydrogens (tertiary/aromatic N) is 4. The van der Waals surface area contributed by atoms with E-state index in [-0.39, 0.29) is 12.0 Å². The standard InChI is InChI=1S/C9H13N5OS/c1-4(2)6-7(16-14-12-6)9-11-8(5(3)10)13-15-9/h4-5H,10H2,1-3H3. The quantitative estimate of drug-likeness (QED) is 0.877. The van der Waals surface area contributed by atoms with E-state index in [1.54, 1.807) is 0 Å². The predicted octanol–water partition coefficient (Wildman–Crippen LogP) is 1.73. The van der Waals surface area contributed by atoms with Crippen molar-refractivity contribution in [1.82, 2.24) is 19.7 Å². The second-order valence-corrected chi connectivity index (χ2v) is 4.64. The average Bonchev–Trinajstić information content (AvgIpc) is 2.86. The van der Waals surface area contributed by atoms with Crippen LogP contribution in [0, 0.1) is 0 Å². The maximum absolute atomic E-state index is 5.67. The highest BCUT2D eigenvalue weighted by atomic mass is 32.1. The van der Waals surface area contributed by atoms with Crippen LogP contribution in [-0.4, -0.2) is 19.7 Å². The lowest BCUT2D eigenvalue weighted by Crippen LogP contribution is -2.06. The van der Waals surface area contributed by atoms with Crippen LogP contribution in [0.1, 0.15) is 44.2 Å².